The second-order valence-corrected chi connectivity index (χ2v) is 7.93. The van der Waals surface area contributed by atoms with E-state index in [1.165, 1.54) is 11.6 Å². The summed E-state index contributed by atoms with van der Waals surface area (Å²) in [4.78, 5) is 36.0. The minimum atomic E-state index is -1.56. The lowest BCUT2D eigenvalue weighted by atomic mass is 10.1. The number of thioether (sulfide) groups is 1. The van der Waals surface area contributed by atoms with E-state index >= 15 is 0 Å². The molecule has 2 heterocycles. The van der Waals surface area contributed by atoms with Crippen molar-refractivity contribution >= 4 is 52.2 Å². The minimum absolute atomic E-state index is 0.00293. The van der Waals surface area contributed by atoms with Crippen LogP contribution in [0.3, 0.4) is 0 Å². The van der Waals surface area contributed by atoms with Gasteiger partial charge in [0.2, 0.25) is 0 Å². The van der Waals surface area contributed by atoms with Gasteiger partial charge in [-0.25, -0.2) is 4.79 Å². The molecule has 1 fully saturated rings. The molecular weight excluding hydrogens is 414 g/mol. The van der Waals surface area contributed by atoms with Crippen LogP contribution in [0.1, 0.15) is 24.7 Å². The molecule has 150 valence electrons. The first-order valence-electron chi connectivity index (χ1n) is 8.71. The Bertz CT molecular complexity index is 1010. The van der Waals surface area contributed by atoms with Crippen LogP contribution < -0.4 is 0 Å². The summed E-state index contributed by atoms with van der Waals surface area (Å²) in [6.07, 6.45) is 1.67. The van der Waals surface area contributed by atoms with E-state index in [4.69, 9.17) is 21.7 Å². The fourth-order valence-electron chi connectivity index (χ4n) is 2.82. The first-order chi connectivity index (χ1) is 13.8. The van der Waals surface area contributed by atoms with Crippen LogP contribution in [0.15, 0.2) is 45.7 Å². The van der Waals surface area contributed by atoms with Gasteiger partial charge in [-0.1, -0.05) is 55.2 Å². The molecule has 2 N–H and O–H groups in total. The quantitative estimate of drug-likeness (QED) is 0.505. The average molecular weight is 431 g/mol. The first kappa shape index (κ1) is 20.8. The van der Waals surface area contributed by atoms with Gasteiger partial charge in [-0.3, -0.25) is 14.5 Å². The number of carbonyl (C=O) groups excluding carboxylic acids is 1. The molecule has 1 saturated heterocycles. The predicted molar refractivity (Wildman–Crippen MR) is 112 cm³/mol. The summed E-state index contributed by atoms with van der Waals surface area (Å²) in [7, 11) is 0. The monoisotopic (exact) mass is 431 g/mol. The Labute approximate surface area is 176 Å². The molecule has 1 amide bonds. The summed E-state index contributed by atoms with van der Waals surface area (Å²) >= 11 is 6.02. The first-order valence-corrected chi connectivity index (χ1v) is 9.93. The maximum Gasteiger partial charge on any atom is 0.327 e. The Morgan fingerprint density at radius 3 is 2.48 bits per heavy atom. The molecule has 1 aliphatic heterocycles. The summed E-state index contributed by atoms with van der Waals surface area (Å²) in [6.45, 7) is 2.07. The molecule has 0 radical (unpaired) electrons. The van der Waals surface area contributed by atoms with Crippen LogP contribution >= 0.6 is 24.0 Å². The summed E-state index contributed by atoms with van der Waals surface area (Å²) < 4.78 is 5.78. The van der Waals surface area contributed by atoms with Crippen molar-refractivity contribution in [2.45, 2.75) is 25.8 Å². The van der Waals surface area contributed by atoms with E-state index < -0.39 is 30.3 Å². The number of amides is 1. The third-order valence-electron chi connectivity index (χ3n) is 4.34. The molecule has 1 aromatic carbocycles. The number of benzene rings is 1. The summed E-state index contributed by atoms with van der Waals surface area (Å²) in [6, 6.07) is 9.83. The van der Waals surface area contributed by atoms with Crippen LogP contribution in [0, 0.1) is 0 Å². The van der Waals surface area contributed by atoms with Gasteiger partial charge in [0.15, 0.2) is 0 Å². The van der Waals surface area contributed by atoms with Crippen molar-refractivity contribution in [1.82, 2.24) is 4.90 Å². The highest BCUT2D eigenvalue weighted by atomic mass is 32.2. The van der Waals surface area contributed by atoms with Crippen molar-refractivity contribution < 1.29 is 29.0 Å². The number of aliphatic carboxylic acids is 2. The number of hydrogen-bond donors (Lipinski definition) is 2. The number of carboxylic acids is 2. The lowest BCUT2D eigenvalue weighted by Gasteiger charge is -2.21. The molecule has 0 spiro atoms. The Hall–Kier alpha value is -2.91. The molecule has 1 aromatic heterocycles. The molecule has 1 aliphatic rings. The lowest BCUT2D eigenvalue weighted by molar-refractivity contribution is -0.150. The highest BCUT2D eigenvalue weighted by Crippen LogP contribution is 2.35. The van der Waals surface area contributed by atoms with E-state index in [1.54, 1.807) is 12.1 Å². The Kier molecular flexibility index (Phi) is 6.19. The number of carboxylic acid groups (broad SMARTS) is 2. The SMILES string of the molecule is CCc1ccc(-c2ccc(/C=C3/SC(=S)N([C@H](CC(=O)O)C(=O)O)C3=O)o2)cc1. The van der Waals surface area contributed by atoms with Gasteiger partial charge in [-0.05, 0) is 24.1 Å². The normalized spacial score (nSPS) is 16.4. The van der Waals surface area contributed by atoms with Crippen LogP contribution in [0.5, 0.6) is 0 Å². The smallest absolute Gasteiger partial charge is 0.327 e. The van der Waals surface area contributed by atoms with E-state index in [2.05, 4.69) is 6.92 Å². The van der Waals surface area contributed by atoms with Crippen LogP contribution in [-0.2, 0) is 20.8 Å². The van der Waals surface area contributed by atoms with E-state index in [0.29, 0.717) is 11.5 Å². The summed E-state index contributed by atoms with van der Waals surface area (Å²) in [5.41, 5.74) is 2.10. The Morgan fingerprint density at radius 1 is 1.21 bits per heavy atom. The van der Waals surface area contributed by atoms with Crippen LogP contribution in [0.4, 0.5) is 0 Å². The van der Waals surface area contributed by atoms with Crippen LogP contribution in [0.2, 0.25) is 0 Å². The maximum absolute atomic E-state index is 12.6. The van der Waals surface area contributed by atoms with Crippen molar-refractivity contribution in [3.8, 4) is 11.3 Å². The van der Waals surface area contributed by atoms with Gasteiger partial charge >= 0.3 is 11.9 Å². The van der Waals surface area contributed by atoms with Crippen molar-refractivity contribution in [2.24, 2.45) is 0 Å². The van der Waals surface area contributed by atoms with Crippen molar-refractivity contribution in [2.75, 3.05) is 0 Å². The standard InChI is InChI=1S/C20H17NO6S2/c1-2-11-3-5-12(6-4-11)15-8-7-13(27-15)9-16-18(24)21(20(28)29-16)14(19(25)26)10-17(22)23/h3-9,14H,2,10H2,1H3,(H,22,23)(H,25,26)/b16-9+/t14-/m1/s1. The molecule has 29 heavy (non-hydrogen) atoms. The van der Waals surface area contributed by atoms with E-state index in [0.717, 1.165) is 28.6 Å². The summed E-state index contributed by atoms with van der Waals surface area (Å²) in [5.74, 6) is -2.38. The highest BCUT2D eigenvalue weighted by Gasteiger charge is 2.41. The largest absolute Gasteiger partial charge is 0.481 e. The molecule has 7 nitrogen and oxygen atoms in total. The average Bonchev–Trinajstić information content (AvgIpc) is 3.25. The fourth-order valence-corrected chi connectivity index (χ4v) is 4.16. The maximum atomic E-state index is 12.6. The predicted octanol–water partition coefficient (Wildman–Crippen LogP) is 3.64. The summed E-state index contributed by atoms with van der Waals surface area (Å²) in [5, 5.41) is 18.2. The molecule has 0 aliphatic carbocycles. The number of hydrogen-bond acceptors (Lipinski definition) is 6. The van der Waals surface area contributed by atoms with Gasteiger partial charge in [0.1, 0.15) is 21.9 Å². The van der Waals surface area contributed by atoms with Crippen LogP contribution in [-0.4, -0.2) is 43.3 Å². The Balaban J connectivity index is 1.83. The zero-order chi connectivity index (χ0) is 21.1. The molecular formula is C20H17NO6S2. The van der Waals surface area contributed by atoms with Crippen LogP contribution in [0.25, 0.3) is 17.4 Å². The van der Waals surface area contributed by atoms with Gasteiger partial charge in [0.25, 0.3) is 5.91 Å². The highest BCUT2D eigenvalue weighted by molar-refractivity contribution is 8.26. The number of thiocarbonyl (C=S) groups is 1. The van der Waals surface area contributed by atoms with Crippen molar-refractivity contribution in [3.05, 3.63) is 52.6 Å². The Morgan fingerprint density at radius 2 is 1.90 bits per heavy atom. The lowest BCUT2D eigenvalue weighted by Crippen LogP contribution is -2.45. The number of furan rings is 1. The zero-order valence-electron chi connectivity index (χ0n) is 15.3. The molecule has 9 heteroatoms. The molecule has 0 unspecified atom stereocenters. The number of carbonyl (C=O) groups is 3. The van der Waals surface area contributed by atoms with Gasteiger partial charge in [-0.2, -0.15) is 0 Å². The topological polar surface area (TPSA) is 108 Å². The van der Waals surface area contributed by atoms with E-state index in [-0.39, 0.29) is 9.23 Å². The molecule has 3 rings (SSSR count). The van der Waals surface area contributed by atoms with Crippen molar-refractivity contribution in [1.29, 1.82) is 0 Å². The minimum Gasteiger partial charge on any atom is -0.481 e. The second kappa shape index (κ2) is 8.62. The molecule has 0 bridgehead atoms. The third kappa shape index (κ3) is 4.57. The zero-order valence-corrected chi connectivity index (χ0v) is 17.0. The number of aryl methyl sites for hydroxylation is 1. The van der Waals surface area contributed by atoms with E-state index in [9.17, 15) is 19.5 Å². The second-order valence-electron chi connectivity index (χ2n) is 6.26. The number of rotatable bonds is 7. The third-order valence-corrected chi connectivity index (χ3v) is 5.67. The molecule has 2 aromatic rings. The van der Waals surface area contributed by atoms with Crippen molar-refractivity contribution in [3.63, 3.8) is 0 Å². The molecule has 0 saturated carbocycles. The molecule has 1 atom stereocenters. The van der Waals surface area contributed by atoms with Gasteiger partial charge in [0, 0.05) is 11.6 Å². The van der Waals surface area contributed by atoms with Gasteiger partial charge < -0.3 is 14.6 Å². The number of nitrogens with zero attached hydrogens (tertiary/aromatic N) is 1. The van der Waals surface area contributed by atoms with Gasteiger partial charge in [-0.15, -0.1) is 0 Å². The fraction of sp³-hybridized carbons (Fsp3) is 0.200. The van der Waals surface area contributed by atoms with E-state index in [1.807, 2.05) is 24.3 Å². The van der Waals surface area contributed by atoms with Gasteiger partial charge in [0.05, 0.1) is 11.3 Å².